The van der Waals surface area contributed by atoms with Crippen LogP contribution in [0.15, 0.2) is 35.8 Å². The van der Waals surface area contributed by atoms with Gasteiger partial charge in [0.15, 0.2) is 0 Å². The monoisotopic (exact) mass is 319 g/mol. The molecule has 0 radical (unpaired) electrons. The van der Waals surface area contributed by atoms with Gasteiger partial charge in [0.05, 0.1) is 12.6 Å². The molecule has 1 N–H and O–H groups in total. The molecule has 2 aromatic rings. The number of ether oxygens (including phenoxy) is 1. The van der Waals surface area contributed by atoms with Crippen LogP contribution < -0.4 is 5.32 Å². The Labute approximate surface area is 134 Å². The largest absolute Gasteiger partial charge is 0.462 e. The Balaban J connectivity index is 2.12. The molecule has 0 aliphatic carbocycles. The SMILES string of the molecule is CCOC(=O)c1cccnc1NC[C@@H](c1cccs1)N(C)C. The van der Waals surface area contributed by atoms with E-state index in [9.17, 15) is 4.79 Å². The van der Waals surface area contributed by atoms with Gasteiger partial charge in [-0.25, -0.2) is 9.78 Å². The molecular weight excluding hydrogens is 298 g/mol. The zero-order valence-electron chi connectivity index (χ0n) is 13.1. The van der Waals surface area contributed by atoms with Gasteiger partial charge in [-0.2, -0.15) is 0 Å². The molecule has 0 aliphatic heterocycles. The topological polar surface area (TPSA) is 54.5 Å². The summed E-state index contributed by atoms with van der Waals surface area (Å²) in [5.74, 6) is 0.208. The molecule has 0 spiro atoms. The van der Waals surface area contributed by atoms with Crippen molar-refractivity contribution in [3.8, 4) is 0 Å². The third-order valence-corrected chi connectivity index (χ3v) is 4.23. The summed E-state index contributed by atoms with van der Waals surface area (Å²) in [6.07, 6.45) is 1.67. The molecule has 0 aromatic carbocycles. The number of pyridine rings is 1. The molecule has 1 atom stereocenters. The molecular formula is C16H21N3O2S. The summed E-state index contributed by atoms with van der Waals surface area (Å²) in [4.78, 5) is 19.6. The number of thiophene rings is 1. The second-order valence-electron chi connectivity index (χ2n) is 5.00. The van der Waals surface area contributed by atoms with E-state index in [1.165, 1.54) is 4.88 Å². The summed E-state index contributed by atoms with van der Waals surface area (Å²) in [5.41, 5.74) is 0.466. The van der Waals surface area contributed by atoms with E-state index in [4.69, 9.17) is 4.74 Å². The lowest BCUT2D eigenvalue weighted by molar-refractivity contribution is 0.0527. The number of likely N-dealkylation sites (N-methyl/N-ethyl adjacent to an activating group) is 1. The number of esters is 1. The number of rotatable bonds is 7. The van der Waals surface area contributed by atoms with Gasteiger partial charge in [0.2, 0.25) is 0 Å². The smallest absolute Gasteiger partial charge is 0.341 e. The highest BCUT2D eigenvalue weighted by Gasteiger charge is 2.18. The second-order valence-corrected chi connectivity index (χ2v) is 5.98. The molecule has 2 heterocycles. The number of carbonyl (C=O) groups is 1. The van der Waals surface area contributed by atoms with Crippen LogP contribution >= 0.6 is 11.3 Å². The van der Waals surface area contributed by atoms with Crippen LogP contribution in [0.4, 0.5) is 5.82 Å². The summed E-state index contributed by atoms with van der Waals surface area (Å²) in [5, 5.41) is 5.34. The minimum Gasteiger partial charge on any atom is -0.462 e. The van der Waals surface area contributed by atoms with Gasteiger partial charge < -0.3 is 15.0 Å². The lowest BCUT2D eigenvalue weighted by atomic mass is 10.2. The molecule has 0 saturated heterocycles. The van der Waals surface area contributed by atoms with Crippen molar-refractivity contribution in [3.05, 3.63) is 46.3 Å². The van der Waals surface area contributed by atoms with Gasteiger partial charge in [-0.05, 0) is 44.6 Å². The van der Waals surface area contributed by atoms with Crippen LogP contribution in [0.2, 0.25) is 0 Å². The van der Waals surface area contributed by atoms with Crippen LogP contribution in [0.3, 0.4) is 0 Å². The molecule has 5 nitrogen and oxygen atoms in total. The predicted molar refractivity (Wildman–Crippen MR) is 89.4 cm³/mol. The maximum Gasteiger partial charge on any atom is 0.341 e. The van der Waals surface area contributed by atoms with E-state index in [1.54, 1.807) is 36.6 Å². The van der Waals surface area contributed by atoms with Gasteiger partial charge in [0.25, 0.3) is 0 Å². The fourth-order valence-corrected chi connectivity index (χ4v) is 3.05. The fraction of sp³-hybridized carbons (Fsp3) is 0.375. The van der Waals surface area contributed by atoms with Crippen molar-refractivity contribution >= 4 is 23.1 Å². The molecule has 22 heavy (non-hydrogen) atoms. The van der Waals surface area contributed by atoms with E-state index in [-0.39, 0.29) is 12.0 Å². The van der Waals surface area contributed by atoms with Crippen molar-refractivity contribution in [2.45, 2.75) is 13.0 Å². The molecule has 0 aliphatic rings. The third-order valence-electron chi connectivity index (χ3n) is 3.26. The Hall–Kier alpha value is -1.92. The van der Waals surface area contributed by atoms with Gasteiger partial charge in [-0.1, -0.05) is 6.07 Å². The average Bonchev–Trinajstić information content (AvgIpc) is 3.02. The lowest BCUT2D eigenvalue weighted by Crippen LogP contribution is -2.27. The van der Waals surface area contributed by atoms with Crippen molar-refractivity contribution in [1.82, 2.24) is 9.88 Å². The van der Waals surface area contributed by atoms with Gasteiger partial charge >= 0.3 is 5.97 Å². The fourth-order valence-electron chi connectivity index (χ4n) is 2.13. The van der Waals surface area contributed by atoms with Crippen LogP contribution in [0.1, 0.15) is 28.2 Å². The van der Waals surface area contributed by atoms with E-state index in [2.05, 4.69) is 26.6 Å². The van der Waals surface area contributed by atoms with E-state index in [1.807, 2.05) is 20.2 Å². The number of carbonyl (C=O) groups excluding carboxylic acids is 1. The van der Waals surface area contributed by atoms with Crippen LogP contribution in [-0.4, -0.2) is 43.1 Å². The number of nitrogens with zero attached hydrogens (tertiary/aromatic N) is 2. The van der Waals surface area contributed by atoms with Gasteiger partial charge in [0.1, 0.15) is 11.4 Å². The second kappa shape index (κ2) is 7.91. The van der Waals surface area contributed by atoms with Crippen LogP contribution in [0.25, 0.3) is 0 Å². The van der Waals surface area contributed by atoms with Crippen molar-refractivity contribution in [3.63, 3.8) is 0 Å². The highest BCUT2D eigenvalue weighted by atomic mass is 32.1. The molecule has 0 saturated carbocycles. The zero-order valence-corrected chi connectivity index (χ0v) is 13.9. The molecule has 6 heteroatoms. The Kier molecular flexibility index (Phi) is 5.91. The van der Waals surface area contributed by atoms with E-state index >= 15 is 0 Å². The molecule has 0 fully saturated rings. The number of nitrogens with one attached hydrogen (secondary N) is 1. The number of aromatic nitrogens is 1. The van der Waals surface area contributed by atoms with Crippen LogP contribution in [0, 0.1) is 0 Å². The first-order valence-electron chi connectivity index (χ1n) is 7.19. The Bertz CT molecular complexity index is 599. The highest BCUT2D eigenvalue weighted by molar-refractivity contribution is 7.10. The summed E-state index contributed by atoms with van der Waals surface area (Å²) < 4.78 is 5.07. The summed E-state index contributed by atoms with van der Waals surface area (Å²) in [6.45, 7) is 2.81. The van der Waals surface area contributed by atoms with Gasteiger partial charge in [-0.15, -0.1) is 11.3 Å². The Morgan fingerprint density at radius 2 is 2.23 bits per heavy atom. The minimum atomic E-state index is -0.351. The number of anilines is 1. The quantitative estimate of drug-likeness (QED) is 0.795. The van der Waals surface area contributed by atoms with Crippen LogP contribution in [-0.2, 0) is 4.74 Å². The first kappa shape index (κ1) is 16.5. The lowest BCUT2D eigenvalue weighted by Gasteiger charge is -2.24. The Morgan fingerprint density at radius 3 is 2.86 bits per heavy atom. The standard InChI is InChI=1S/C16H21N3O2S/c1-4-21-16(20)12-7-5-9-17-15(12)18-11-13(19(2)3)14-8-6-10-22-14/h5-10,13H,4,11H2,1-3H3,(H,17,18)/t13-/m0/s1. The molecule has 2 aromatic heterocycles. The Morgan fingerprint density at radius 1 is 1.41 bits per heavy atom. The summed E-state index contributed by atoms with van der Waals surface area (Å²) >= 11 is 1.72. The van der Waals surface area contributed by atoms with Crippen molar-refractivity contribution in [2.24, 2.45) is 0 Å². The van der Waals surface area contributed by atoms with Crippen molar-refractivity contribution in [2.75, 3.05) is 32.6 Å². The first-order chi connectivity index (χ1) is 10.6. The molecule has 118 valence electrons. The summed E-state index contributed by atoms with van der Waals surface area (Å²) in [6, 6.07) is 7.84. The first-order valence-corrected chi connectivity index (χ1v) is 8.07. The van der Waals surface area contributed by atoms with Crippen molar-refractivity contribution in [1.29, 1.82) is 0 Å². The van der Waals surface area contributed by atoms with E-state index in [0.717, 1.165) is 0 Å². The molecule has 0 unspecified atom stereocenters. The van der Waals surface area contributed by atoms with E-state index < -0.39 is 0 Å². The average molecular weight is 319 g/mol. The molecule has 0 bridgehead atoms. The maximum absolute atomic E-state index is 12.0. The highest BCUT2D eigenvalue weighted by Crippen LogP contribution is 2.24. The van der Waals surface area contributed by atoms with Crippen LogP contribution in [0.5, 0.6) is 0 Å². The van der Waals surface area contributed by atoms with Gasteiger partial charge in [-0.3, -0.25) is 0 Å². The van der Waals surface area contributed by atoms with E-state index in [0.29, 0.717) is 24.5 Å². The van der Waals surface area contributed by atoms with Gasteiger partial charge in [0, 0.05) is 17.6 Å². The third kappa shape index (κ3) is 4.05. The number of hydrogen-bond donors (Lipinski definition) is 1. The molecule has 2 rings (SSSR count). The minimum absolute atomic E-state index is 0.219. The zero-order chi connectivity index (χ0) is 15.9. The number of hydrogen-bond acceptors (Lipinski definition) is 6. The summed E-state index contributed by atoms with van der Waals surface area (Å²) in [7, 11) is 4.08. The normalized spacial score (nSPS) is 12.2. The predicted octanol–water partition coefficient (Wildman–Crippen LogP) is 3.03. The molecule has 0 amide bonds. The van der Waals surface area contributed by atoms with Crippen molar-refractivity contribution < 1.29 is 9.53 Å². The maximum atomic E-state index is 12.0.